The van der Waals surface area contributed by atoms with Crippen LogP contribution in [0.3, 0.4) is 0 Å². The monoisotopic (exact) mass is 141 g/mol. The van der Waals surface area contributed by atoms with E-state index in [1.165, 1.54) is 0 Å². The highest BCUT2D eigenvalue weighted by Crippen LogP contribution is 1.99. The first-order valence-electron chi connectivity index (χ1n) is 3.47. The molecule has 0 aromatic heterocycles. The summed E-state index contributed by atoms with van der Waals surface area (Å²) in [5.41, 5.74) is 0.873. The Kier molecular flexibility index (Phi) is 5.63. The molecule has 0 aliphatic carbocycles. The first-order chi connectivity index (χ1) is 4.85. The molecular formula is C8H15NO. The summed E-state index contributed by atoms with van der Waals surface area (Å²) >= 11 is 0. The van der Waals surface area contributed by atoms with Crippen LogP contribution in [-0.4, -0.2) is 12.2 Å². The van der Waals surface area contributed by atoms with Crippen LogP contribution in [0.1, 0.15) is 19.8 Å². The van der Waals surface area contributed by atoms with Gasteiger partial charge in [0.1, 0.15) is 0 Å². The van der Waals surface area contributed by atoms with Crippen molar-refractivity contribution in [3.05, 3.63) is 24.1 Å². The summed E-state index contributed by atoms with van der Waals surface area (Å²) in [5.74, 6) is 0. The molecule has 0 aromatic carbocycles. The van der Waals surface area contributed by atoms with Gasteiger partial charge in [-0.1, -0.05) is 12.2 Å². The predicted octanol–water partition coefficient (Wildman–Crippen LogP) is 1.96. The van der Waals surface area contributed by atoms with Crippen molar-refractivity contribution in [2.45, 2.75) is 19.8 Å². The summed E-state index contributed by atoms with van der Waals surface area (Å²) in [6.07, 6.45) is 7.04. The maximum Gasteiger partial charge on any atom is 0.0980 e. The van der Waals surface area contributed by atoms with E-state index in [0.717, 1.165) is 24.8 Å². The summed E-state index contributed by atoms with van der Waals surface area (Å²) in [5, 5.41) is 11.5. The van der Waals surface area contributed by atoms with E-state index in [2.05, 4.69) is 11.4 Å². The van der Waals surface area contributed by atoms with Crippen LogP contribution in [0.2, 0.25) is 0 Å². The van der Waals surface area contributed by atoms with Crippen molar-refractivity contribution >= 4 is 0 Å². The van der Waals surface area contributed by atoms with E-state index in [-0.39, 0.29) is 0 Å². The fraction of sp³-hybridized carbons (Fsp3) is 0.500. The second kappa shape index (κ2) is 6.20. The Hall–Kier alpha value is -0.920. The molecule has 0 atom stereocenters. The zero-order valence-corrected chi connectivity index (χ0v) is 6.59. The van der Waals surface area contributed by atoms with Gasteiger partial charge in [-0.05, 0) is 19.8 Å². The molecule has 0 unspecified atom stereocenters. The maximum atomic E-state index is 8.58. The third-order valence-corrected chi connectivity index (χ3v) is 1.29. The van der Waals surface area contributed by atoms with Crippen LogP contribution in [0.4, 0.5) is 0 Å². The van der Waals surface area contributed by atoms with E-state index in [0.29, 0.717) is 0 Å². The minimum Gasteiger partial charge on any atom is -0.514 e. The van der Waals surface area contributed by atoms with Crippen LogP contribution >= 0.6 is 0 Å². The summed E-state index contributed by atoms with van der Waals surface area (Å²) < 4.78 is 0. The number of hydrogen-bond donors (Lipinski definition) is 2. The van der Waals surface area contributed by atoms with Crippen LogP contribution in [0.25, 0.3) is 0 Å². The molecule has 0 saturated heterocycles. The predicted molar refractivity (Wildman–Crippen MR) is 43.8 cm³/mol. The minimum absolute atomic E-state index is 0.872. The lowest BCUT2D eigenvalue weighted by atomic mass is 10.2. The number of hydrogen-bond acceptors (Lipinski definition) is 2. The molecular weight excluding hydrogens is 126 g/mol. The zero-order valence-electron chi connectivity index (χ0n) is 6.59. The second-order valence-corrected chi connectivity index (χ2v) is 2.01. The van der Waals surface area contributed by atoms with Gasteiger partial charge in [0.15, 0.2) is 0 Å². The normalized spacial score (nSPS) is 12.4. The molecule has 0 saturated carbocycles. The minimum atomic E-state index is 0.872. The quantitative estimate of drug-likeness (QED) is 0.463. The topological polar surface area (TPSA) is 32.3 Å². The SMILES string of the molecule is C/C=C\CC/C(=C/O)NC. The molecule has 0 radical (unpaired) electrons. The smallest absolute Gasteiger partial charge is 0.0980 e. The molecule has 0 aromatic rings. The fourth-order valence-electron chi connectivity index (χ4n) is 0.660. The Bertz CT molecular complexity index is 127. The highest BCUT2D eigenvalue weighted by molar-refractivity contribution is 4.95. The molecule has 2 heteroatoms. The third kappa shape index (κ3) is 4.01. The Morgan fingerprint density at radius 2 is 2.30 bits per heavy atom. The molecule has 0 amide bonds. The van der Waals surface area contributed by atoms with Crippen molar-refractivity contribution in [2.24, 2.45) is 0 Å². The molecule has 0 heterocycles. The number of rotatable bonds is 4. The van der Waals surface area contributed by atoms with Gasteiger partial charge in [-0.15, -0.1) is 0 Å². The lowest BCUT2D eigenvalue weighted by molar-refractivity contribution is 0.459. The standard InChI is InChI=1S/C8H15NO/c1-3-4-5-6-8(7-10)9-2/h3-4,7,9-10H,5-6H2,1-2H3/b4-3-,8-7-. The lowest BCUT2D eigenvalue weighted by Gasteiger charge is -2.00. The van der Waals surface area contributed by atoms with Gasteiger partial charge in [0.05, 0.1) is 6.26 Å². The van der Waals surface area contributed by atoms with E-state index in [1.54, 1.807) is 7.05 Å². The van der Waals surface area contributed by atoms with Gasteiger partial charge in [-0.2, -0.15) is 0 Å². The van der Waals surface area contributed by atoms with Crippen LogP contribution in [-0.2, 0) is 0 Å². The van der Waals surface area contributed by atoms with Crippen LogP contribution < -0.4 is 5.32 Å². The number of nitrogens with one attached hydrogen (secondary N) is 1. The Morgan fingerprint density at radius 3 is 2.70 bits per heavy atom. The molecule has 10 heavy (non-hydrogen) atoms. The maximum absolute atomic E-state index is 8.58. The molecule has 0 aliphatic heterocycles. The van der Waals surface area contributed by atoms with Gasteiger partial charge in [-0.25, -0.2) is 0 Å². The largest absolute Gasteiger partial charge is 0.514 e. The van der Waals surface area contributed by atoms with Gasteiger partial charge in [-0.3, -0.25) is 0 Å². The number of aliphatic hydroxyl groups is 1. The number of allylic oxidation sites excluding steroid dienone is 3. The molecule has 2 nitrogen and oxygen atoms in total. The van der Waals surface area contributed by atoms with Crippen molar-refractivity contribution in [2.75, 3.05) is 7.05 Å². The van der Waals surface area contributed by atoms with Gasteiger partial charge in [0.25, 0.3) is 0 Å². The molecule has 0 aliphatic rings. The van der Waals surface area contributed by atoms with Crippen LogP contribution in [0.5, 0.6) is 0 Å². The van der Waals surface area contributed by atoms with Crippen LogP contribution in [0.15, 0.2) is 24.1 Å². The first-order valence-corrected chi connectivity index (χ1v) is 3.47. The Labute approximate surface area is 62.3 Å². The molecule has 0 rings (SSSR count). The van der Waals surface area contributed by atoms with Crippen LogP contribution in [0, 0.1) is 0 Å². The molecule has 58 valence electrons. The number of aliphatic hydroxyl groups excluding tert-OH is 1. The van der Waals surface area contributed by atoms with Gasteiger partial charge >= 0.3 is 0 Å². The van der Waals surface area contributed by atoms with E-state index < -0.39 is 0 Å². The highest BCUT2D eigenvalue weighted by Gasteiger charge is 1.89. The molecule has 0 fully saturated rings. The van der Waals surface area contributed by atoms with Crippen molar-refractivity contribution in [3.8, 4) is 0 Å². The zero-order chi connectivity index (χ0) is 7.82. The van der Waals surface area contributed by atoms with E-state index in [9.17, 15) is 0 Å². The first kappa shape index (κ1) is 9.08. The Balaban J connectivity index is 3.46. The second-order valence-electron chi connectivity index (χ2n) is 2.01. The fourth-order valence-corrected chi connectivity index (χ4v) is 0.660. The average Bonchev–Trinajstić information content (AvgIpc) is 1.99. The van der Waals surface area contributed by atoms with Crippen molar-refractivity contribution in [1.82, 2.24) is 5.32 Å². The molecule has 2 N–H and O–H groups in total. The van der Waals surface area contributed by atoms with E-state index >= 15 is 0 Å². The third-order valence-electron chi connectivity index (χ3n) is 1.29. The summed E-state index contributed by atoms with van der Waals surface area (Å²) in [7, 11) is 1.80. The highest BCUT2D eigenvalue weighted by atomic mass is 16.2. The molecule has 0 spiro atoms. The van der Waals surface area contributed by atoms with E-state index in [1.807, 2.05) is 13.0 Å². The van der Waals surface area contributed by atoms with Crippen molar-refractivity contribution in [1.29, 1.82) is 0 Å². The summed E-state index contributed by atoms with van der Waals surface area (Å²) in [6.45, 7) is 1.99. The van der Waals surface area contributed by atoms with Crippen molar-refractivity contribution < 1.29 is 5.11 Å². The average molecular weight is 141 g/mol. The Morgan fingerprint density at radius 1 is 1.60 bits per heavy atom. The molecule has 0 bridgehead atoms. The van der Waals surface area contributed by atoms with Gasteiger partial charge in [0, 0.05) is 12.7 Å². The summed E-state index contributed by atoms with van der Waals surface area (Å²) in [6, 6.07) is 0. The summed E-state index contributed by atoms with van der Waals surface area (Å²) in [4.78, 5) is 0. The lowest BCUT2D eigenvalue weighted by Crippen LogP contribution is -2.04. The van der Waals surface area contributed by atoms with Gasteiger partial charge in [0.2, 0.25) is 0 Å². The van der Waals surface area contributed by atoms with Crippen molar-refractivity contribution in [3.63, 3.8) is 0 Å². The van der Waals surface area contributed by atoms with E-state index in [4.69, 9.17) is 5.11 Å². The van der Waals surface area contributed by atoms with Gasteiger partial charge < -0.3 is 10.4 Å².